The fourth-order valence-corrected chi connectivity index (χ4v) is 2.01. The van der Waals surface area contributed by atoms with Crippen LogP contribution in [-0.2, 0) is 4.79 Å². The molecule has 0 radical (unpaired) electrons. The number of aliphatic carboxylic acids is 1. The summed E-state index contributed by atoms with van der Waals surface area (Å²) in [6.07, 6.45) is 2.87. The van der Waals surface area contributed by atoms with Gasteiger partial charge in [-0.05, 0) is 12.8 Å². The molecule has 1 aliphatic heterocycles. The highest BCUT2D eigenvalue weighted by atomic mass is 16.4. The topological polar surface area (TPSA) is 78.4 Å². The third-order valence-corrected chi connectivity index (χ3v) is 3.08. The Hall–Kier alpha value is -1.85. The summed E-state index contributed by atoms with van der Waals surface area (Å²) in [7, 11) is 1.81. The van der Waals surface area contributed by atoms with Crippen LogP contribution in [-0.4, -0.2) is 41.2 Å². The zero-order chi connectivity index (χ0) is 12.3. The molecular weight excluding hydrogens is 220 g/mol. The van der Waals surface area contributed by atoms with Gasteiger partial charge < -0.3 is 15.3 Å². The van der Waals surface area contributed by atoms with E-state index in [1.807, 2.05) is 13.1 Å². The van der Waals surface area contributed by atoms with Crippen LogP contribution in [0.2, 0.25) is 0 Å². The molecule has 2 rings (SSSR count). The highest BCUT2D eigenvalue weighted by Gasteiger charge is 2.25. The molecule has 0 bridgehead atoms. The van der Waals surface area contributed by atoms with E-state index in [1.54, 1.807) is 0 Å². The normalized spacial score (nSPS) is 16.9. The molecule has 0 aliphatic carbocycles. The average Bonchev–Trinajstić information content (AvgIpc) is 2.39. The summed E-state index contributed by atoms with van der Waals surface area (Å²) in [6.45, 7) is 1.47. The van der Waals surface area contributed by atoms with Crippen molar-refractivity contribution in [2.45, 2.75) is 12.8 Å². The summed E-state index contributed by atoms with van der Waals surface area (Å²) in [5.41, 5.74) is 0. The van der Waals surface area contributed by atoms with Gasteiger partial charge >= 0.3 is 5.97 Å². The van der Waals surface area contributed by atoms with Crippen molar-refractivity contribution in [2.75, 3.05) is 30.4 Å². The molecule has 0 atom stereocenters. The van der Waals surface area contributed by atoms with Gasteiger partial charge in [-0.3, -0.25) is 4.79 Å². The van der Waals surface area contributed by atoms with Crippen molar-refractivity contribution < 1.29 is 9.90 Å². The van der Waals surface area contributed by atoms with Gasteiger partial charge in [0, 0.05) is 26.2 Å². The lowest BCUT2D eigenvalue weighted by atomic mass is 9.97. The van der Waals surface area contributed by atoms with Gasteiger partial charge in [-0.25, -0.2) is 9.97 Å². The lowest BCUT2D eigenvalue weighted by molar-refractivity contribution is -0.142. The first kappa shape index (κ1) is 11.6. The fourth-order valence-electron chi connectivity index (χ4n) is 2.01. The Morgan fingerprint density at radius 3 is 2.76 bits per heavy atom. The molecule has 0 spiro atoms. The van der Waals surface area contributed by atoms with Crippen LogP contribution >= 0.6 is 0 Å². The van der Waals surface area contributed by atoms with Crippen molar-refractivity contribution in [1.82, 2.24) is 9.97 Å². The van der Waals surface area contributed by atoms with E-state index in [4.69, 9.17) is 5.11 Å². The summed E-state index contributed by atoms with van der Waals surface area (Å²) in [5, 5.41) is 11.9. The van der Waals surface area contributed by atoms with E-state index in [0.29, 0.717) is 12.8 Å². The van der Waals surface area contributed by atoms with E-state index in [0.717, 1.165) is 24.7 Å². The maximum atomic E-state index is 10.8. The van der Waals surface area contributed by atoms with Crippen molar-refractivity contribution in [1.29, 1.82) is 0 Å². The van der Waals surface area contributed by atoms with Gasteiger partial charge in [-0.15, -0.1) is 0 Å². The molecule has 0 aromatic carbocycles. The molecule has 6 nitrogen and oxygen atoms in total. The Kier molecular flexibility index (Phi) is 3.41. The van der Waals surface area contributed by atoms with E-state index >= 15 is 0 Å². The maximum Gasteiger partial charge on any atom is 0.306 e. The van der Waals surface area contributed by atoms with E-state index < -0.39 is 5.97 Å². The van der Waals surface area contributed by atoms with Gasteiger partial charge in [0.25, 0.3) is 0 Å². The summed E-state index contributed by atoms with van der Waals surface area (Å²) in [6, 6.07) is 1.88. The molecule has 2 heterocycles. The van der Waals surface area contributed by atoms with Crippen LogP contribution in [0, 0.1) is 5.92 Å². The number of aromatic nitrogens is 2. The van der Waals surface area contributed by atoms with Gasteiger partial charge in [0.1, 0.15) is 18.0 Å². The van der Waals surface area contributed by atoms with Gasteiger partial charge in [-0.2, -0.15) is 0 Å². The summed E-state index contributed by atoms with van der Waals surface area (Å²) in [5.74, 6) is 0.726. The first-order valence-electron chi connectivity index (χ1n) is 5.68. The number of hydrogen-bond acceptors (Lipinski definition) is 5. The van der Waals surface area contributed by atoms with Gasteiger partial charge in [0.15, 0.2) is 0 Å². The highest BCUT2D eigenvalue weighted by Crippen LogP contribution is 2.22. The summed E-state index contributed by atoms with van der Waals surface area (Å²) >= 11 is 0. The van der Waals surface area contributed by atoms with Gasteiger partial charge in [0.05, 0.1) is 5.92 Å². The zero-order valence-electron chi connectivity index (χ0n) is 9.76. The van der Waals surface area contributed by atoms with Crippen molar-refractivity contribution >= 4 is 17.6 Å². The molecule has 1 fully saturated rings. The first-order valence-corrected chi connectivity index (χ1v) is 5.68. The fraction of sp³-hybridized carbons (Fsp3) is 0.545. The monoisotopic (exact) mass is 236 g/mol. The van der Waals surface area contributed by atoms with Crippen molar-refractivity contribution in [3.05, 3.63) is 12.4 Å². The van der Waals surface area contributed by atoms with Gasteiger partial charge in [0.2, 0.25) is 0 Å². The van der Waals surface area contributed by atoms with Gasteiger partial charge in [-0.1, -0.05) is 0 Å². The molecular formula is C11H16N4O2. The van der Waals surface area contributed by atoms with Crippen LogP contribution < -0.4 is 10.2 Å². The van der Waals surface area contributed by atoms with E-state index in [2.05, 4.69) is 20.2 Å². The zero-order valence-corrected chi connectivity index (χ0v) is 9.76. The van der Waals surface area contributed by atoms with Crippen molar-refractivity contribution in [3.63, 3.8) is 0 Å². The van der Waals surface area contributed by atoms with E-state index in [9.17, 15) is 4.79 Å². The lowest BCUT2D eigenvalue weighted by Crippen LogP contribution is -2.36. The minimum Gasteiger partial charge on any atom is -0.481 e. The minimum absolute atomic E-state index is 0.211. The third kappa shape index (κ3) is 2.64. The van der Waals surface area contributed by atoms with E-state index in [-0.39, 0.29) is 5.92 Å². The quantitative estimate of drug-likeness (QED) is 0.809. The molecule has 1 aromatic rings. The van der Waals surface area contributed by atoms with Crippen LogP contribution in [0.3, 0.4) is 0 Å². The van der Waals surface area contributed by atoms with Crippen LogP contribution in [0.25, 0.3) is 0 Å². The maximum absolute atomic E-state index is 10.8. The number of carboxylic acid groups (broad SMARTS) is 1. The van der Waals surface area contributed by atoms with Crippen molar-refractivity contribution in [2.24, 2.45) is 5.92 Å². The molecule has 1 saturated heterocycles. The molecule has 1 aliphatic rings. The minimum atomic E-state index is -0.691. The number of rotatable bonds is 3. The SMILES string of the molecule is CNc1cc(N2CCC(C(=O)O)CC2)ncn1. The Morgan fingerprint density at radius 2 is 2.18 bits per heavy atom. The Bertz CT molecular complexity index is 402. The number of nitrogens with one attached hydrogen (secondary N) is 1. The summed E-state index contributed by atoms with van der Waals surface area (Å²) < 4.78 is 0. The predicted octanol–water partition coefficient (Wildman–Crippen LogP) is 0.819. The van der Waals surface area contributed by atoms with E-state index in [1.165, 1.54) is 6.33 Å². The number of nitrogens with zero attached hydrogens (tertiary/aromatic N) is 3. The second-order valence-electron chi connectivity index (χ2n) is 4.11. The van der Waals surface area contributed by atoms with Crippen LogP contribution in [0.5, 0.6) is 0 Å². The molecule has 2 N–H and O–H groups in total. The number of anilines is 2. The molecule has 17 heavy (non-hydrogen) atoms. The molecule has 1 aromatic heterocycles. The van der Waals surface area contributed by atoms with Crippen molar-refractivity contribution in [3.8, 4) is 0 Å². The summed E-state index contributed by atoms with van der Waals surface area (Å²) in [4.78, 5) is 21.2. The highest BCUT2D eigenvalue weighted by molar-refractivity contribution is 5.70. The lowest BCUT2D eigenvalue weighted by Gasteiger charge is -2.30. The number of carbonyl (C=O) groups is 1. The van der Waals surface area contributed by atoms with Crippen LogP contribution in [0.1, 0.15) is 12.8 Å². The van der Waals surface area contributed by atoms with Crippen LogP contribution in [0.4, 0.5) is 11.6 Å². The number of carboxylic acids is 1. The molecule has 0 unspecified atom stereocenters. The second kappa shape index (κ2) is 4.99. The Labute approximate surface area is 99.7 Å². The first-order chi connectivity index (χ1) is 8.20. The second-order valence-corrected chi connectivity index (χ2v) is 4.11. The molecule has 0 amide bonds. The third-order valence-electron chi connectivity index (χ3n) is 3.08. The number of hydrogen-bond donors (Lipinski definition) is 2. The molecule has 92 valence electrons. The average molecular weight is 236 g/mol. The Balaban J connectivity index is 2.02. The number of piperidine rings is 1. The largest absolute Gasteiger partial charge is 0.481 e. The standard InChI is InChI=1S/C11H16N4O2/c1-12-9-6-10(14-7-13-9)15-4-2-8(3-5-15)11(16)17/h6-8H,2-5H2,1H3,(H,16,17)(H,12,13,14). The Morgan fingerprint density at radius 1 is 1.47 bits per heavy atom. The molecule has 0 saturated carbocycles. The molecule has 6 heteroatoms. The smallest absolute Gasteiger partial charge is 0.306 e. The van der Waals surface area contributed by atoms with Crippen LogP contribution in [0.15, 0.2) is 12.4 Å². The predicted molar refractivity (Wildman–Crippen MR) is 64.2 cm³/mol.